The molecule has 0 bridgehead atoms. The Morgan fingerprint density at radius 3 is 2.71 bits per heavy atom. The van der Waals surface area contributed by atoms with Crippen molar-refractivity contribution in [3.63, 3.8) is 0 Å². The van der Waals surface area contributed by atoms with Crippen LogP contribution in [0.3, 0.4) is 0 Å². The molecule has 2 N–H and O–H groups in total. The van der Waals surface area contributed by atoms with Crippen LogP contribution in [-0.4, -0.2) is 25.6 Å². The molecule has 1 aliphatic carbocycles. The van der Waals surface area contributed by atoms with Gasteiger partial charge < -0.3 is 10.6 Å². The van der Waals surface area contributed by atoms with Gasteiger partial charge in [0.2, 0.25) is 0 Å². The van der Waals surface area contributed by atoms with Crippen LogP contribution in [0.25, 0.3) is 0 Å². The van der Waals surface area contributed by atoms with Crippen LogP contribution in [0.15, 0.2) is 0 Å². The maximum absolute atomic E-state index is 5.65. The van der Waals surface area contributed by atoms with Crippen LogP contribution in [0.2, 0.25) is 0 Å². The Bertz CT molecular complexity index is 332. The lowest BCUT2D eigenvalue weighted by Crippen LogP contribution is -2.07. The van der Waals surface area contributed by atoms with Gasteiger partial charge >= 0.3 is 0 Å². The van der Waals surface area contributed by atoms with Crippen molar-refractivity contribution in [3.05, 3.63) is 10.6 Å². The molecule has 3 nitrogen and oxygen atoms in total. The van der Waals surface area contributed by atoms with Gasteiger partial charge in [-0.15, -0.1) is 11.3 Å². The van der Waals surface area contributed by atoms with E-state index in [0.29, 0.717) is 11.8 Å². The minimum absolute atomic E-state index is 0.700. The summed E-state index contributed by atoms with van der Waals surface area (Å²) in [5.74, 6) is 1.41. The van der Waals surface area contributed by atoms with Crippen molar-refractivity contribution in [1.82, 2.24) is 4.98 Å². The first-order chi connectivity index (χ1) is 6.63. The highest BCUT2D eigenvalue weighted by molar-refractivity contribution is 7.15. The van der Waals surface area contributed by atoms with Crippen molar-refractivity contribution < 1.29 is 0 Å². The summed E-state index contributed by atoms with van der Waals surface area (Å²) in [5, 5.41) is 1.11. The lowest BCUT2D eigenvalue weighted by molar-refractivity contribution is 0.812. The van der Waals surface area contributed by atoms with Crippen molar-refractivity contribution in [2.24, 2.45) is 11.7 Å². The van der Waals surface area contributed by atoms with Crippen LogP contribution in [0, 0.1) is 12.8 Å². The molecular weight excluding hydrogens is 194 g/mol. The van der Waals surface area contributed by atoms with E-state index in [1.54, 1.807) is 0 Å². The number of aryl methyl sites for hydroxylation is 1. The number of rotatable bonds is 3. The molecule has 0 radical (unpaired) electrons. The van der Waals surface area contributed by atoms with Crippen LogP contribution in [0.1, 0.15) is 22.9 Å². The highest BCUT2D eigenvalue weighted by Gasteiger charge is 2.39. The second-order valence-corrected chi connectivity index (χ2v) is 5.19. The van der Waals surface area contributed by atoms with Crippen LogP contribution < -0.4 is 10.6 Å². The third kappa shape index (κ3) is 1.64. The van der Waals surface area contributed by atoms with E-state index in [0.717, 1.165) is 11.7 Å². The van der Waals surface area contributed by atoms with Gasteiger partial charge in [-0.2, -0.15) is 0 Å². The van der Waals surface area contributed by atoms with Crippen molar-refractivity contribution in [1.29, 1.82) is 0 Å². The van der Waals surface area contributed by atoms with E-state index in [-0.39, 0.29) is 0 Å². The number of anilines is 1. The first kappa shape index (κ1) is 9.93. The monoisotopic (exact) mass is 211 g/mol. The highest BCUT2D eigenvalue weighted by Crippen LogP contribution is 2.50. The van der Waals surface area contributed by atoms with Crippen LogP contribution in [-0.2, 0) is 0 Å². The van der Waals surface area contributed by atoms with E-state index >= 15 is 0 Å². The zero-order valence-electron chi connectivity index (χ0n) is 8.95. The number of hydrogen-bond acceptors (Lipinski definition) is 4. The zero-order valence-corrected chi connectivity index (χ0v) is 9.77. The smallest absolute Gasteiger partial charge is 0.185 e. The van der Waals surface area contributed by atoms with E-state index in [1.165, 1.54) is 17.0 Å². The van der Waals surface area contributed by atoms with Gasteiger partial charge in [0.15, 0.2) is 5.13 Å². The number of nitrogens with two attached hydrogens (primary N) is 1. The molecule has 1 heterocycles. The Hall–Kier alpha value is -0.610. The van der Waals surface area contributed by atoms with Crippen LogP contribution in [0.4, 0.5) is 5.13 Å². The predicted molar refractivity (Wildman–Crippen MR) is 61.1 cm³/mol. The van der Waals surface area contributed by atoms with Gasteiger partial charge in [-0.05, 0) is 31.7 Å². The number of aromatic nitrogens is 1. The van der Waals surface area contributed by atoms with E-state index in [1.807, 2.05) is 25.4 Å². The van der Waals surface area contributed by atoms with Gasteiger partial charge in [0.05, 0.1) is 5.69 Å². The molecule has 14 heavy (non-hydrogen) atoms. The third-order valence-corrected chi connectivity index (χ3v) is 4.22. The highest BCUT2D eigenvalue weighted by atomic mass is 32.1. The first-order valence-corrected chi connectivity index (χ1v) is 5.79. The fourth-order valence-electron chi connectivity index (χ4n) is 1.76. The Morgan fingerprint density at radius 1 is 1.57 bits per heavy atom. The molecule has 0 aromatic carbocycles. The normalized spacial score (nSPS) is 25.1. The second kappa shape index (κ2) is 3.51. The molecule has 0 unspecified atom stereocenters. The molecule has 1 fully saturated rings. The van der Waals surface area contributed by atoms with E-state index in [2.05, 4.69) is 16.8 Å². The summed E-state index contributed by atoms with van der Waals surface area (Å²) in [7, 11) is 4.07. The second-order valence-electron chi connectivity index (χ2n) is 4.18. The van der Waals surface area contributed by atoms with E-state index < -0.39 is 0 Å². The molecule has 1 aromatic heterocycles. The molecule has 2 atom stereocenters. The molecule has 1 aliphatic rings. The largest absolute Gasteiger partial charge is 0.354 e. The molecule has 4 heteroatoms. The Labute approximate surface area is 88.9 Å². The molecular formula is C10H17N3S. The maximum atomic E-state index is 5.65. The van der Waals surface area contributed by atoms with Crippen molar-refractivity contribution in [2.45, 2.75) is 19.3 Å². The number of nitrogens with zero attached hydrogens (tertiary/aromatic N) is 2. The fraction of sp³-hybridized carbons (Fsp3) is 0.700. The van der Waals surface area contributed by atoms with E-state index in [4.69, 9.17) is 5.73 Å². The topological polar surface area (TPSA) is 42.2 Å². The number of thiazole rings is 1. The molecule has 78 valence electrons. The Kier molecular flexibility index (Phi) is 2.49. The fourth-order valence-corrected chi connectivity index (χ4v) is 2.95. The van der Waals surface area contributed by atoms with Crippen molar-refractivity contribution in [2.75, 3.05) is 25.5 Å². The number of hydrogen-bond donors (Lipinski definition) is 1. The average molecular weight is 211 g/mol. The van der Waals surface area contributed by atoms with E-state index in [9.17, 15) is 0 Å². The summed E-state index contributed by atoms with van der Waals surface area (Å²) in [6.07, 6.45) is 1.26. The average Bonchev–Trinajstić information content (AvgIpc) is 2.82. The standard InChI is InChI=1S/C10H17N3S/c1-6-9(8-4-7(8)5-11)14-10(12-6)13(2)3/h7-8H,4-5,11H2,1-3H3/t7-,8+/m0/s1. The molecule has 0 saturated heterocycles. The van der Waals surface area contributed by atoms with Gasteiger partial charge in [0.25, 0.3) is 0 Å². The van der Waals surface area contributed by atoms with Gasteiger partial charge in [-0.1, -0.05) is 0 Å². The summed E-state index contributed by atoms with van der Waals surface area (Å²) in [6.45, 7) is 2.92. The van der Waals surface area contributed by atoms with Crippen LogP contribution >= 0.6 is 11.3 Å². The van der Waals surface area contributed by atoms with Crippen LogP contribution in [0.5, 0.6) is 0 Å². The Morgan fingerprint density at radius 2 is 2.29 bits per heavy atom. The predicted octanol–water partition coefficient (Wildman–Crippen LogP) is 1.58. The third-order valence-electron chi connectivity index (χ3n) is 2.77. The molecule has 1 aromatic rings. The minimum atomic E-state index is 0.700. The molecule has 1 saturated carbocycles. The summed E-state index contributed by atoms with van der Waals surface area (Å²) in [6, 6.07) is 0. The minimum Gasteiger partial charge on any atom is -0.354 e. The van der Waals surface area contributed by atoms with Crippen molar-refractivity contribution in [3.8, 4) is 0 Å². The van der Waals surface area contributed by atoms with Crippen molar-refractivity contribution >= 4 is 16.5 Å². The molecule has 0 amide bonds. The Balaban J connectivity index is 2.19. The molecule has 0 aliphatic heterocycles. The quantitative estimate of drug-likeness (QED) is 0.825. The first-order valence-electron chi connectivity index (χ1n) is 4.98. The van der Waals surface area contributed by atoms with Gasteiger partial charge in [-0.25, -0.2) is 4.98 Å². The van der Waals surface area contributed by atoms with Gasteiger partial charge in [-0.3, -0.25) is 0 Å². The zero-order chi connectivity index (χ0) is 10.3. The summed E-state index contributed by atoms with van der Waals surface area (Å²) in [4.78, 5) is 8.06. The molecule has 0 spiro atoms. The lowest BCUT2D eigenvalue weighted by Gasteiger charge is -2.05. The lowest BCUT2D eigenvalue weighted by atomic mass is 10.2. The maximum Gasteiger partial charge on any atom is 0.185 e. The SMILES string of the molecule is Cc1nc(N(C)C)sc1[C@@H]1C[C@H]1CN. The summed E-state index contributed by atoms with van der Waals surface area (Å²) in [5.41, 5.74) is 6.85. The molecule has 2 rings (SSSR count). The summed E-state index contributed by atoms with van der Waals surface area (Å²) >= 11 is 1.82. The summed E-state index contributed by atoms with van der Waals surface area (Å²) < 4.78 is 0. The van der Waals surface area contributed by atoms with Gasteiger partial charge in [0, 0.05) is 19.0 Å². The van der Waals surface area contributed by atoms with Gasteiger partial charge in [0.1, 0.15) is 0 Å².